The van der Waals surface area contributed by atoms with E-state index in [9.17, 15) is 0 Å². The molecule has 0 saturated carbocycles. The zero-order valence-corrected chi connectivity index (χ0v) is 11.5. The fraction of sp³-hybridized carbons (Fsp3) is 0.625. The van der Waals surface area contributed by atoms with Gasteiger partial charge in [0.1, 0.15) is 13.1 Å². The SMILES string of the molecule is Cc1ccc2c(c1)C[NH2+]C[C@@H]2[NH+]1CCCCCC1. The Morgan fingerprint density at radius 2 is 1.89 bits per heavy atom. The lowest BCUT2D eigenvalue weighted by molar-refractivity contribution is -0.947. The summed E-state index contributed by atoms with van der Waals surface area (Å²) in [5.41, 5.74) is 4.64. The minimum Gasteiger partial charge on any atom is -0.337 e. The molecule has 1 aromatic rings. The quantitative estimate of drug-likeness (QED) is 0.723. The summed E-state index contributed by atoms with van der Waals surface area (Å²) in [5, 5.41) is 2.50. The monoisotopic (exact) mass is 246 g/mol. The van der Waals surface area contributed by atoms with E-state index >= 15 is 0 Å². The Morgan fingerprint density at radius 3 is 2.67 bits per heavy atom. The summed E-state index contributed by atoms with van der Waals surface area (Å²) in [6.45, 7) is 7.44. The molecule has 18 heavy (non-hydrogen) atoms. The number of likely N-dealkylation sites (tertiary alicyclic amines) is 1. The molecule has 3 rings (SSSR count). The second-order valence-corrected chi connectivity index (χ2v) is 6.06. The molecule has 0 unspecified atom stereocenters. The average molecular weight is 246 g/mol. The molecule has 0 aliphatic carbocycles. The van der Waals surface area contributed by atoms with Gasteiger partial charge in [-0.2, -0.15) is 0 Å². The summed E-state index contributed by atoms with van der Waals surface area (Å²) in [7, 11) is 0. The van der Waals surface area contributed by atoms with Gasteiger partial charge in [0.05, 0.1) is 13.1 Å². The van der Waals surface area contributed by atoms with Crippen LogP contribution in [0.15, 0.2) is 18.2 Å². The van der Waals surface area contributed by atoms with Gasteiger partial charge in [-0.3, -0.25) is 0 Å². The summed E-state index contributed by atoms with van der Waals surface area (Å²) in [4.78, 5) is 1.84. The lowest BCUT2D eigenvalue weighted by Gasteiger charge is -2.31. The van der Waals surface area contributed by atoms with E-state index in [0.717, 1.165) is 6.04 Å². The summed E-state index contributed by atoms with van der Waals surface area (Å²) >= 11 is 0. The molecule has 2 aliphatic heterocycles. The standard InChI is InChI=1S/C16H24N2/c1-13-6-7-15-14(10-13)11-17-12-16(15)18-8-4-2-3-5-9-18/h6-7,10,16-17H,2-5,8-9,11-12H2,1H3/p+2/t16-/m0/s1. The molecule has 0 radical (unpaired) electrons. The van der Waals surface area contributed by atoms with Gasteiger partial charge in [-0.1, -0.05) is 17.7 Å². The number of hydrogen-bond donors (Lipinski definition) is 2. The van der Waals surface area contributed by atoms with Crippen molar-refractivity contribution in [2.24, 2.45) is 0 Å². The van der Waals surface area contributed by atoms with Crippen LogP contribution < -0.4 is 10.2 Å². The van der Waals surface area contributed by atoms with Crippen LogP contribution in [0, 0.1) is 6.92 Å². The van der Waals surface area contributed by atoms with Gasteiger partial charge in [0.25, 0.3) is 0 Å². The minimum absolute atomic E-state index is 0.743. The van der Waals surface area contributed by atoms with Crippen LogP contribution in [0.4, 0.5) is 0 Å². The Hall–Kier alpha value is -0.860. The largest absolute Gasteiger partial charge is 0.337 e. The fourth-order valence-electron chi connectivity index (χ4n) is 3.70. The van der Waals surface area contributed by atoms with Crippen LogP contribution in [-0.2, 0) is 6.54 Å². The first-order chi connectivity index (χ1) is 8.84. The van der Waals surface area contributed by atoms with Gasteiger partial charge in [0.15, 0.2) is 6.04 Å². The van der Waals surface area contributed by atoms with Crippen LogP contribution in [0.5, 0.6) is 0 Å². The van der Waals surface area contributed by atoms with Crippen LogP contribution in [-0.4, -0.2) is 19.6 Å². The number of benzene rings is 1. The van der Waals surface area contributed by atoms with Crippen LogP contribution in [0.2, 0.25) is 0 Å². The molecule has 0 spiro atoms. The maximum atomic E-state index is 2.50. The molecule has 0 aromatic heterocycles. The smallest absolute Gasteiger partial charge is 0.163 e. The Morgan fingerprint density at radius 1 is 1.11 bits per heavy atom. The molecule has 0 bridgehead atoms. The third-order valence-electron chi connectivity index (χ3n) is 4.68. The Kier molecular flexibility index (Phi) is 3.67. The molecule has 1 atom stereocenters. The van der Waals surface area contributed by atoms with Crippen LogP contribution in [0.25, 0.3) is 0 Å². The molecular weight excluding hydrogens is 220 g/mol. The number of nitrogens with one attached hydrogen (secondary N) is 1. The first kappa shape index (κ1) is 12.2. The molecule has 2 heterocycles. The van der Waals surface area contributed by atoms with E-state index in [2.05, 4.69) is 30.4 Å². The lowest BCUT2D eigenvalue weighted by atomic mass is 9.94. The highest BCUT2D eigenvalue weighted by molar-refractivity contribution is 5.33. The van der Waals surface area contributed by atoms with E-state index in [4.69, 9.17) is 0 Å². The van der Waals surface area contributed by atoms with Gasteiger partial charge in [-0.15, -0.1) is 0 Å². The molecule has 2 heteroatoms. The normalized spacial score (nSPS) is 25.5. The minimum atomic E-state index is 0.743. The van der Waals surface area contributed by atoms with E-state index in [0.29, 0.717) is 0 Å². The number of hydrogen-bond acceptors (Lipinski definition) is 0. The molecule has 2 nitrogen and oxygen atoms in total. The van der Waals surface area contributed by atoms with E-state index < -0.39 is 0 Å². The van der Waals surface area contributed by atoms with E-state index in [-0.39, 0.29) is 0 Å². The summed E-state index contributed by atoms with van der Waals surface area (Å²) in [5.74, 6) is 0. The third-order valence-corrected chi connectivity index (χ3v) is 4.68. The van der Waals surface area contributed by atoms with Crippen molar-refractivity contribution in [2.75, 3.05) is 19.6 Å². The highest BCUT2D eigenvalue weighted by Crippen LogP contribution is 2.19. The lowest BCUT2D eigenvalue weighted by Crippen LogP contribution is -3.15. The van der Waals surface area contributed by atoms with Crippen LogP contribution in [0.1, 0.15) is 48.4 Å². The van der Waals surface area contributed by atoms with E-state index in [1.165, 1.54) is 57.4 Å². The molecule has 0 amide bonds. The second kappa shape index (κ2) is 5.41. The summed E-state index contributed by atoms with van der Waals surface area (Å²) < 4.78 is 0. The number of quaternary nitrogens is 2. The highest BCUT2D eigenvalue weighted by Gasteiger charge is 2.31. The van der Waals surface area contributed by atoms with Crippen molar-refractivity contribution in [1.82, 2.24) is 0 Å². The van der Waals surface area contributed by atoms with Gasteiger partial charge >= 0.3 is 0 Å². The first-order valence-electron chi connectivity index (χ1n) is 7.60. The van der Waals surface area contributed by atoms with Crippen molar-refractivity contribution in [3.8, 4) is 0 Å². The Labute approximate surface area is 110 Å². The number of nitrogens with two attached hydrogens (primary N) is 1. The predicted molar refractivity (Wildman–Crippen MR) is 73.6 cm³/mol. The van der Waals surface area contributed by atoms with Gasteiger partial charge in [-0.25, -0.2) is 0 Å². The molecule has 1 saturated heterocycles. The second-order valence-electron chi connectivity index (χ2n) is 6.06. The van der Waals surface area contributed by atoms with Crippen molar-refractivity contribution in [2.45, 2.75) is 45.2 Å². The Balaban J connectivity index is 1.85. The van der Waals surface area contributed by atoms with E-state index in [1.807, 2.05) is 4.90 Å². The maximum Gasteiger partial charge on any atom is 0.163 e. The summed E-state index contributed by atoms with van der Waals surface area (Å²) in [6, 6.07) is 7.84. The average Bonchev–Trinajstić information content (AvgIpc) is 2.66. The fourth-order valence-corrected chi connectivity index (χ4v) is 3.70. The molecule has 3 N–H and O–H groups in total. The van der Waals surface area contributed by atoms with Crippen molar-refractivity contribution in [3.05, 3.63) is 34.9 Å². The van der Waals surface area contributed by atoms with Gasteiger partial charge in [-0.05, 0) is 38.7 Å². The van der Waals surface area contributed by atoms with Crippen molar-refractivity contribution in [3.63, 3.8) is 0 Å². The molecule has 1 fully saturated rings. The maximum absolute atomic E-state index is 2.50. The van der Waals surface area contributed by atoms with Crippen LogP contribution in [0.3, 0.4) is 0 Å². The van der Waals surface area contributed by atoms with Crippen molar-refractivity contribution < 1.29 is 10.2 Å². The van der Waals surface area contributed by atoms with Crippen molar-refractivity contribution in [1.29, 1.82) is 0 Å². The van der Waals surface area contributed by atoms with Crippen molar-refractivity contribution >= 4 is 0 Å². The van der Waals surface area contributed by atoms with Gasteiger partial charge in [0, 0.05) is 11.1 Å². The highest BCUT2D eigenvalue weighted by atomic mass is 15.2. The summed E-state index contributed by atoms with van der Waals surface area (Å²) in [6.07, 6.45) is 5.74. The molecule has 2 aliphatic rings. The number of aryl methyl sites for hydroxylation is 1. The first-order valence-corrected chi connectivity index (χ1v) is 7.60. The molecular formula is C16H26N2+2. The van der Waals surface area contributed by atoms with Crippen LogP contribution >= 0.6 is 0 Å². The number of rotatable bonds is 1. The molecule has 1 aromatic carbocycles. The van der Waals surface area contributed by atoms with E-state index in [1.54, 1.807) is 11.1 Å². The van der Waals surface area contributed by atoms with Gasteiger partial charge in [0.2, 0.25) is 0 Å². The van der Waals surface area contributed by atoms with Gasteiger partial charge < -0.3 is 10.2 Å². The topological polar surface area (TPSA) is 21.1 Å². The predicted octanol–water partition coefficient (Wildman–Crippen LogP) is 0.572. The zero-order valence-electron chi connectivity index (χ0n) is 11.5. The number of fused-ring (bicyclic) bond motifs is 1. The molecule has 98 valence electrons. The Bertz CT molecular complexity index is 406. The third kappa shape index (κ3) is 2.45. The zero-order chi connectivity index (χ0) is 12.4.